The van der Waals surface area contributed by atoms with Gasteiger partial charge in [-0.1, -0.05) is 6.92 Å². The molecule has 6 heteroatoms. The molecule has 1 rings (SSSR count). The summed E-state index contributed by atoms with van der Waals surface area (Å²) in [6, 6.07) is 3.03. The lowest BCUT2D eigenvalue weighted by atomic mass is 10.3. The lowest BCUT2D eigenvalue weighted by Crippen LogP contribution is -2.24. The summed E-state index contributed by atoms with van der Waals surface area (Å²) in [5.74, 6) is 0.657. The molecule has 0 atom stereocenters. The predicted molar refractivity (Wildman–Crippen MR) is 63.5 cm³/mol. The smallest absolute Gasteiger partial charge is 0.311 e. The molecule has 1 heterocycles. The third-order valence-corrected chi connectivity index (χ3v) is 2.28. The quantitative estimate of drug-likeness (QED) is 0.609. The molecule has 0 aliphatic heterocycles. The van der Waals surface area contributed by atoms with Crippen molar-refractivity contribution in [3.63, 3.8) is 0 Å². The minimum atomic E-state index is -0.526. The first-order valence-corrected chi connectivity index (χ1v) is 5.26. The van der Waals surface area contributed by atoms with Crippen LogP contribution in [-0.4, -0.2) is 23.0 Å². The van der Waals surface area contributed by atoms with Crippen molar-refractivity contribution in [1.82, 2.24) is 4.98 Å². The Morgan fingerprint density at radius 1 is 1.50 bits per heavy atom. The second-order valence-electron chi connectivity index (χ2n) is 3.41. The number of anilines is 2. The fourth-order valence-corrected chi connectivity index (χ4v) is 1.49. The van der Waals surface area contributed by atoms with Gasteiger partial charge < -0.3 is 10.6 Å². The summed E-state index contributed by atoms with van der Waals surface area (Å²) in [5, 5.41) is 10.6. The molecular weight excluding hydrogens is 208 g/mol. The number of nitrogens with two attached hydrogens (primary N) is 1. The van der Waals surface area contributed by atoms with Crippen molar-refractivity contribution in [2.75, 3.05) is 23.7 Å². The number of aromatic nitrogens is 1. The van der Waals surface area contributed by atoms with Gasteiger partial charge >= 0.3 is 5.69 Å². The Hall–Kier alpha value is -1.85. The highest BCUT2D eigenvalue weighted by molar-refractivity contribution is 5.57. The van der Waals surface area contributed by atoms with Gasteiger partial charge in [0.2, 0.25) is 5.82 Å². The van der Waals surface area contributed by atoms with Crippen LogP contribution in [0.15, 0.2) is 12.1 Å². The first-order chi connectivity index (χ1) is 7.60. The molecule has 0 bridgehead atoms. The minimum absolute atomic E-state index is 0.0305. The number of nitrogen functional groups attached to an aromatic ring is 1. The van der Waals surface area contributed by atoms with E-state index in [0.29, 0.717) is 5.82 Å². The van der Waals surface area contributed by atoms with Gasteiger partial charge in [0.15, 0.2) is 0 Å². The number of rotatable bonds is 5. The van der Waals surface area contributed by atoms with E-state index in [4.69, 9.17) is 5.73 Å². The van der Waals surface area contributed by atoms with Crippen molar-refractivity contribution >= 4 is 17.3 Å². The molecule has 0 saturated heterocycles. The van der Waals surface area contributed by atoms with Gasteiger partial charge in [0.05, 0.1) is 4.92 Å². The van der Waals surface area contributed by atoms with Crippen molar-refractivity contribution in [3.05, 3.63) is 22.2 Å². The summed E-state index contributed by atoms with van der Waals surface area (Å²) < 4.78 is 0. The molecule has 0 saturated carbocycles. The van der Waals surface area contributed by atoms with E-state index in [1.807, 2.05) is 11.8 Å². The second-order valence-corrected chi connectivity index (χ2v) is 3.41. The van der Waals surface area contributed by atoms with Crippen molar-refractivity contribution in [2.24, 2.45) is 0 Å². The highest BCUT2D eigenvalue weighted by Gasteiger charge is 2.14. The van der Waals surface area contributed by atoms with Crippen molar-refractivity contribution in [1.29, 1.82) is 0 Å². The number of nitro groups is 1. The molecule has 1 aromatic rings. The molecule has 0 radical (unpaired) electrons. The summed E-state index contributed by atoms with van der Waals surface area (Å²) in [6.45, 7) is 5.74. The Labute approximate surface area is 94.2 Å². The topological polar surface area (TPSA) is 85.3 Å². The van der Waals surface area contributed by atoms with E-state index in [0.717, 1.165) is 19.5 Å². The predicted octanol–water partition coefficient (Wildman–Crippen LogP) is 1.81. The van der Waals surface area contributed by atoms with Crippen LogP contribution in [-0.2, 0) is 0 Å². The van der Waals surface area contributed by atoms with Crippen LogP contribution in [0.4, 0.5) is 17.3 Å². The third-order valence-electron chi connectivity index (χ3n) is 2.28. The average molecular weight is 224 g/mol. The van der Waals surface area contributed by atoms with E-state index >= 15 is 0 Å². The van der Waals surface area contributed by atoms with Crippen LogP contribution in [0.2, 0.25) is 0 Å². The zero-order valence-electron chi connectivity index (χ0n) is 9.51. The standard InChI is InChI=1S/C10H16N4O2/c1-3-7-13(4-2)9-6-5-8(14(15)16)10(11)12-9/h5-6H,3-4,7H2,1-2H3,(H2,11,12). The van der Waals surface area contributed by atoms with Crippen LogP contribution >= 0.6 is 0 Å². The summed E-state index contributed by atoms with van der Waals surface area (Å²) in [7, 11) is 0. The minimum Gasteiger partial charge on any atom is -0.378 e. The van der Waals surface area contributed by atoms with E-state index in [9.17, 15) is 10.1 Å². The number of hydrogen-bond acceptors (Lipinski definition) is 5. The molecule has 0 aromatic carbocycles. The van der Waals surface area contributed by atoms with Crippen LogP contribution in [0.1, 0.15) is 20.3 Å². The summed E-state index contributed by atoms with van der Waals surface area (Å²) >= 11 is 0. The Morgan fingerprint density at radius 2 is 2.19 bits per heavy atom. The molecule has 0 aliphatic rings. The molecule has 0 amide bonds. The van der Waals surface area contributed by atoms with Gasteiger partial charge in [-0.25, -0.2) is 4.98 Å². The SMILES string of the molecule is CCCN(CC)c1ccc([N+](=O)[O-])c(N)n1. The summed E-state index contributed by atoms with van der Waals surface area (Å²) in [6.07, 6.45) is 0.992. The Morgan fingerprint density at radius 3 is 2.62 bits per heavy atom. The highest BCUT2D eigenvalue weighted by atomic mass is 16.6. The van der Waals surface area contributed by atoms with Gasteiger partial charge in [-0.2, -0.15) is 0 Å². The lowest BCUT2D eigenvalue weighted by molar-refractivity contribution is -0.384. The van der Waals surface area contributed by atoms with E-state index in [2.05, 4.69) is 11.9 Å². The van der Waals surface area contributed by atoms with Crippen molar-refractivity contribution < 1.29 is 4.92 Å². The Balaban J connectivity index is 2.99. The highest BCUT2D eigenvalue weighted by Crippen LogP contribution is 2.22. The zero-order valence-corrected chi connectivity index (χ0v) is 9.51. The van der Waals surface area contributed by atoms with Crippen molar-refractivity contribution in [2.45, 2.75) is 20.3 Å². The average Bonchev–Trinajstić information content (AvgIpc) is 2.25. The van der Waals surface area contributed by atoms with Gasteiger partial charge in [0.1, 0.15) is 5.82 Å². The lowest BCUT2D eigenvalue weighted by Gasteiger charge is -2.21. The van der Waals surface area contributed by atoms with Crippen LogP contribution in [0.5, 0.6) is 0 Å². The zero-order chi connectivity index (χ0) is 12.1. The van der Waals surface area contributed by atoms with E-state index in [1.165, 1.54) is 6.07 Å². The fourth-order valence-electron chi connectivity index (χ4n) is 1.49. The number of hydrogen-bond donors (Lipinski definition) is 1. The normalized spacial score (nSPS) is 10.1. The first-order valence-electron chi connectivity index (χ1n) is 5.26. The number of nitrogens with zero attached hydrogens (tertiary/aromatic N) is 3. The van der Waals surface area contributed by atoms with Crippen LogP contribution in [0.25, 0.3) is 0 Å². The van der Waals surface area contributed by atoms with E-state index < -0.39 is 4.92 Å². The van der Waals surface area contributed by atoms with Crippen LogP contribution in [0, 0.1) is 10.1 Å². The Kier molecular flexibility index (Phi) is 4.04. The largest absolute Gasteiger partial charge is 0.378 e. The Bertz CT molecular complexity index is 381. The summed E-state index contributed by atoms with van der Waals surface area (Å²) in [4.78, 5) is 16.1. The molecule has 1 aromatic heterocycles. The van der Waals surface area contributed by atoms with Gasteiger partial charge in [-0.05, 0) is 19.4 Å². The maximum absolute atomic E-state index is 10.6. The van der Waals surface area contributed by atoms with Gasteiger partial charge in [0, 0.05) is 19.2 Å². The maximum Gasteiger partial charge on any atom is 0.311 e. The first kappa shape index (κ1) is 12.2. The molecule has 88 valence electrons. The number of pyridine rings is 1. The molecule has 6 nitrogen and oxygen atoms in total. The molecule has 0 fully saturated rings. The molecule has 2 N–H and O–H groups in total. The maximum atomic E-state index is 10.6. The molecule has 0 aliphatic carbocycles. The monoisotopic (exact) mass is 224 g/mol. The third kappa shape index (κ3) is 2.59. The van der Waals surface area contributed by atoms with E-state index in [1.54, 1.807) is 6.07 Å². The fraction of sp³-hybridized carbons (Fsp3) is 0.500. The molecule has 16 heavy (non-hydrogen) atoms. The van der Waals surface area contributed by atoms with Crippen molar-refractivity contribution in [3.8, 4) is 0 Å². The van der Waals surface area contributed by atoms with E-state index in [-0.39, 0.29) is 11.5 Å². The molecular formula is C10H16N4O2. The van der Waals surface area contributed by atoms with Gasteiger partial charge in [-0.3, -0.25) is 10.1 Å². The molecule has 0 unspecified atom stereocenters. The van der Waals surface area contributed by atoms with Gasteiger partial charge in [0.25, 0.3) is 0 Å². The van der Waals surface area contributed by atoms with Gasteiger partial charge in [-0.15, -0.1) is 0 Å². The summed E-state index contributed by atoms with van der Waals surface area (Å²) in [5.41, 5.74) is 5.39. The molecule has 0 spiro atoms. The van der Waals surface area contributed by atoms with Crippen LogP contribution in [0.3, 0.4) is 0 Å². The second kappa shape index (κ2) is 5.29. The van der Waals surface area contributed by atoms with Crippen LogP contribution < -0.4 is 10.6 Å².